The molecular weight excluding hydrogens is 452 g/mol. The Morgan fingerprint density at radius 1 is 1.06 bits per heavy atom. The number of amides is 1. The number of hydrogen-bond acceptors (Lipinski definition) is 4. The Morgan fingerprint density at radius 3 is 2.46 bits per heavy atom. The molecule has 3 heterocycles. The number of benzene rings is 1. The number of piperidine rings is 1. The lowest BCUT2D eigenvalue weighted by Gasteiger charge is -2.34. The van der Waals surface area contributed by atoms with Gasteiger partial charge in [-0.1, -0.05) is 25.8 Å². The molecule has 35 heavy (non-hydrogen) atoms. The third-order valence-electron chi connectivity index (χ3n) is 8.95. The second kappa shape index (κ2) is 9.68. The Hall–Kier alpha value is -2.22. The fraction of sp³-hybridized carbons (Fsp3) is 0.704. The van der Waals surface area contributed by atoms with Crippen LogP contribution in [0, 0.1) is 17.7 Å². The molecule has 0 aromatic heterocycles. The third kappa shape index (κ3) is 4.78. The first-order valence-electron chi connectivity index (χ1n) is 13.2. The molecular formula is C27H37F2N3O3. The zero-order valence-corrected chi connectivity index (χ0v) is 20.6. The van der Waals surface area contributed by atoms with Gasteiger partial charge in [0.2, 0.25) is 5.67 Å². The summed E-state index contributed by atoms with van der Waals surface area (Å²) in [6, 6.07) is 5.19. The molecule has 0 unspecified atom stereocenters. The number of likely N-dealkylation sites (tertiary alicyclic amines) is 2. The average molecular weight is 490 g/mol. The lowest BCUT2D eigenvalue weighted by atomic mass is 9.88. The number of aliphatic carboxylic acids is 1. The molecule has 1 aromatic carbocycles. The van der Waals surface area contributed by atoms with Crippen LogP contribution in [0.5, 0.6) is 0 Å². The van der Waals surface area contributed by atoms with Crippen molar-refractivity contribution < 1.29 is 23.5 Å². The summed E-state index contributed by atoms with van der Waals surface area (Å²) >= 11 is 0. The molecule has 3 atom stereocenters. The van der Waals surface area contributed by atoms with Crippen LogP contribution in [-0.4, -0.2) is 77.8 Å². The minimum Gasteiger partial charge on any atom is -0.481 e. The Labute approximate surface area is 206 Å². The van der Waals surface area contributed by atoms with E-state index >= 15 is 4.39 Å². The van der Waals surface area contributed by atoms with E-state index in [4.69, 9.17) is 0 Å². The van der Waals surface area contributed by atoms with Crippen LogP contribution < -0.4 is 4.90 Å². The minimum atomic E-state index is -1.82. The molecule has 3 aliphatic heterocycles. The van der Waals surface area contributed by atoms with E-state index < -0.39 is 17.5 Å². The highest BCUT2D eigenvalue weighted by molar-refractivity contribution is 5.86. The number of anilines is 1. The number of carbonyl (C=O) groups is 2. The molecule has 4 aliphatic rings. The number of hydrogen-bond donors (Lipinski definition) is 1. The first kappa shape index (κ1) is 24.5. The van der Waals surface area contributed by atoms with Crippen molar-refractivity contribution in [2.75, 3.05) is 44.2 Å². The summed E-state index contributed by atoms with van der Waals surface area (Å²) in [6.45, 7) is 4.96. The molecule has 1 N–H and O–H groups in total. The van der Waals surface area contributed by atoms with Gasteiger partial charge < -0.3 is 14.9 Å². The summed E-state index contributed by atoms with van der Waals surface area (Å²) in [5.74, 6) is -1.75. The smallest absolute Gasteiger partial charge is 0.306 e. The maximum absolute atomic E-state index is 15.9. The van der Waals surface area contributed by atoms with Gasteiger partial charge in [-0.25, -0.2) is 8.78 Å². The summed E-state index contributed by atoms with van der Waals surface area (Å²) in [4.78, 5) is 30.7. The van der Waals surface area contributed by atoms with Crippen LogP contribution in [0.3, 0.4) is 0 Å². The molecule has 3 saturated heterocycles. The maximum Gasteiger partial charge on any atom is 0.306 e. The van der Waals surface area contributed by atoms with Gasteiger partial charge >= 0.3 is 5.97 Å². The van der Waals surface area contributed by atoms with E-state index in [-0.39, 0.29) is 36.5 Å². The lowest BCUT2D eigenvalue weighted by Crippen LogP contribution is -2.48. The first-order valence-corrected chi connectivity index (χ1v) is 13.2. The number of carbonyl (C=O) groups excluding carboxylic acids is 1. The van der Waals surface area contributed by atoms with Crippen LogP contribution in [0.1, 0.15) is 63.4 Å². The molecule has 4 fully saturated rings. The molecule has 0 bridgehead atoms. The van der Waals surface area contributed by atoms with Crippen molar-refractivity contribution in [1.29, 1.82) is 0 Å². The van der Waals surface area contributed by atoms with Crippen LogP contribution in [0.25, 0.3) is 0 Å². The second-order valence-electron chi connectivity index (χ2n) is 11.2. The van der Waals surface area contributed by atoms with Crippen molar-refractivity contribution >= 4 is 17.6 Å². The number of rotatable bonds is 5. The summed E-state index contributed by atoms with van der Waals surface area (Å²) in [7, 11) is 0. The quantitative estimate of drug-likeness (QED) is 0.676. The van der Waals surface area contributed by atoms with Crippen molar-refractivity contribution in [3.05, 3.63) is 29.6 Å². The monoisotopic (exact) mass is 489 g/mol. The zero-order valence-electron chi connectivity index (χ0n) is 20.6. The molecule has 8 heteroatoms. The topological polar surface area (TPSA) is 64.1 Å². The predicted molar refractivity (Wildman–Crippen MR) is 130 cm³/mol. The van der Waals surface area contributed by atoms with E-state index in [1.165, 1.54) is 25.0 Å². The van der Waals surface area contributed by atoms with Gasteiger partial charge in [0.25, 0.3) is 5.91 Å². The van der Waals surface area contributed by atoms with E-state index in [0.29, 0.717) is 51.6 Å². The molecule has 192 valence electrons. The zero-order chi connectivity index (χ0) is 24.7. The standard InChI is InChI=1S/C27H37F2N3O3/c1-18-15-32(26(35)27(29)10-13-31(17-27)21-4-2-3-5-21)16-23(18)22-7-6-20(28)14-24(22)30-11-8-19(9-12-30)25(33)34/h6-7,14,18-19,21,23H,2-5,8-13,15-17H2,1H3,(H,33,34)/t18-,23-,27+/m0/s1. The maximum atomic E-state index is 15.9. The van der Waals surface area contributed by atoms with E-state index in [9.17, 15) is 19.1 Å². The summed E-state index contributed by atoms with van der Waals surface area (Å²) < 4.78 is 30.2. The first-order chi connectivity index (χ1) is 16.7. The molecule has 0 spiro atoms. The van der Waals surface area contributed by atoms with Crippen molar-refractivity contribution in [2.24, 2.45) is 11.8 Å². The SMILES string of the molecule is C[C@H]1CN(C(=O)[C@@]2(F)CCN(C3CCCC3)C2)C[C@@H]1c1ccc(F)cc1N1CCC(C(=O)O)CC1. The number of halogens is 2. The van der Waals surface area contributed by atoms with E-state index in [1.807, 2.05) is 0 Å². The number of alkyl halides is 1. The van der Waals surface area contributed by atoms with Crippen LogP contribution in [0.4, 0.5) is 14.5 Å². The highest BCUT2D eigenvalue weighted by Gasteiger charge is 2.50. The normalized spacial score (nSPS) is 30.9. The van der Waals surface area contributed by atoms with Crippen molar-refractivity contribution in [2.45, 2.75) is 69.5 Å². The van der Waals surface area contributed by atoms with Gasteiger partial charge in [0.1, 0.15) is 5.82 Å². The predicted octanol–water partition coefficient (Wildman–Crippen LogP) is 4.05. The van der Waals surface area contributed by atoms with Crippen molar-refractivity contribution in [3.63, 3.8) is 0 Å². The van der Waals surface area contributed by atoms with Gasteiger partial charge in [0.05, 0.1) is 5.92 Å². The summed E-state index contributed by atoms with van der Waals surface area (Å²) in [6.07, 6.45) is 5.89. The fourth-order valence-corrected chi connectivity index (χ4v) is 6.85. The number of carboxylic acid groups (broad SMARTS) is 1. The van der Waals surface area contributed by atoms with Gasteiger partial charge in [0.15, 0.2) is 0 Å². The third-order valence-corrected chi connectivity index (χ3v) is 8.95. The molecule has 5 rings (SSSR count). The van der Waals surface area contributed by atoms with Crippen LogP contribution in [0.15, 0.2) is 18.2 Å². The molecule has 1 aliphatic carbocycles. The van der Waals surface area contributed by atoms with Crippen LogP contribution >= 0.6 is 0 Å². The molecule has 1 aromatic rings. The van der Waals surface area contributed by atoms with Crippen LogP contribution in [-0.2, 0) is 9.59 Å². The molecule has 1 amide bonds. The highest BCUT2D eigenvalue weighted by Crippen LogP contribution is 2.41. The van der Waals surface area contributed by atoms with E-state index in [1.54, 1.807) is 11.0 Å². The Balaban J connectivity index is 1.30. The minimum absolute atomic E-state index is 0.0114. The van der Waals surface area contributed by atoms with Gasteiger partial charge in [-0.3, -0.25) is 14.5 Å². The second-order valence-corrected chi connectivity index (χ2v) is 11.2. The Bertz CT molecular complexity index is 961. The average Bonchev–Trinajstić information content (AvgIpc) is 3.59. The van der Waals surface area contributed by atoms with Crippen molar-refractivity contribution in [3.8, 4) is 0 Å². The fourth-order valence-electron chi connectivity index (χ4n) is 6.85. The Kier molecular flexibility index (Phi) is 6.77. The number of nitrogens with zero attached hydrogens (tertiary/aromatic N) is 3. The van der Waals surface area contributed by atoms with Gasteiger partial charge in [0, 0.05) is 63.3 Å². The van der Waals surface area contributed by atoms with E-state index in [0.717, 1.165) is 24.1 Å². The largest absolute Gasteiger partial charge is 0.481 e. The van der Waals surface area contributed by atoms with Gasteiger partial charge in [-0.2, -0.15) is 0 Å². The van der Waals surface area contributed by atoms with Crippen molar-refractivity contribution in [1.82, 2.24) is 9.80 Å². The highest BCUT2D eigenvalue weighted by atomic mass is 19.1. The molecule has 1 saturated carbocycles. The lowest BCUT2D eigenvalue weighted by molar-refractivity contribution is -0.143. The van der Waals surface area contributed by atoms with Crippen LogP contribution in [0.2, 0.25) is 0 Å². The molecule has 0 radical (unpaired) electrons. The summed E-state index contributed by atoms with van der Waals surface area (Å²) in [5.41, 5.74) is -0.0697. The van der Waals surface area contributed by atoms with Gasteiger partial charge in [-0.05, 0) is 49.3 Å². The van der Waals surface area contributed by atoms with Gasteiger partial charge in [-0.15, -0.1) is 0 Å². The molecule has 6 nitrogen and oxygen atoms in total. The number of carboxylic acids is 1. The summed E-state index contributed by atoms with van der Waals surface area (Å²) in [5, 5.41) is 9.32. The Morgan fingerprint density at radius 2 is 1.77 bits per heavy atom. The van der Waals surface area contributed by atoms with E-state index in [2.05, 4.69) is 16.7 Å².